The fraction of sp³-hybridized carbons (Fsp3) is 0.391. The van der Waals surface area contributed by atoms with E-state index in [0.717, 1.165) is 11.1 Å². The highest BCUT2D eigenvalue weighted by molar-refractivity contribution is 6.56. The van der Waals surface area contributed by atoms with Crippen LogP contribution in [-0.4, -0.2) is 35.9 Å². The van der Waals surface area contributed by atoms with Crippen LogP contribution < -0.4 is 16.8 Å². The Labute approximate surface area is 189 Å². The molecular formula is C23H31BN4O4. The molecule has 1 amide bonds. The highest BCUT2D eigenvalue weighted by Crippen LogP contribution is 2.39. The van der Waals surface area contributed by atoms with Crippen molar-refractivity contribution < 1.29 is 18.8 Å². The Morgan fingerprint density at radius 2 is 1.78 bits per heavy atom. The van der Waals surface area contributed by atoms with Crippen molar-refractivity contribution in [1.82, 2.24) is 10.3 Å². The molecule has 0 bridgehead atoms. The van der Waals surface area contributed by atoms with E-state index < -0.39 is 24.4 Å². The number of aryl methyl sites for hydroxylation is 1. The van der Waals surface area contributed by atoms with Gasteiger partial charge in [0.1, 0.15) is 12.4 Å². The van der Waals surface area contributed by atoms with Crippen LogP contribution in [0.2, 0.25) is 0 Å². The monoisotopic (exact) mass is 438 g/mol. The van der Waals surface area contributed by atoms with E-state index >= 15 is 0 Å². The number of alkyl carbamates (subject to hydrolysis) is 1. The maximum atomic E-state index is 12.3. The fourth-order valence-corrected chi connectivity index (χ4v) is 3.15. The molecule has 0 atom stereocenters. The van der Waals surface area contributed by atoms with Crippen molar-refractivity contribution in [3.8, 4) is 0 Å². The molecule has 8 nitrogen and oxygen atoms in total. The van der Waals surface area contributed by atoms with Crippen LogP contribution in [0.1, 0.15) is 44.5 Å². The van der Waals surface area contributed by atoms with Gasteiger partial charge in [0.05, 0.1) is 16.9 Å². The first-order valence-corrected chi connectivity index (χ1v) is 10.5. The maximum absolute atomic E-state index is 12.3. The number of amides is 1. The molecular weight excluding hydrogens is 407 g/mol. The van der Waals surface area contributed by atoms with Crippen LogP contribution in [0, 0.1) is 6.92 Å². The van der Waals surface area contributed by atoms with Gasteiger partial charge in [0, 0.05) is 12.2 Å². The van der Waals surface area contributed by atoms with Gasteiger partial charge in [-0.3, -0.25) is 0 Å². The summed E-state index contributed by atoms with van der Waals surface area (Å²) in [5.74, 6) is 0.277. The van der Waals surface area contributed by atoms with Gasteiger partial charge in [0.15, 0.2) is 0 Å². The van der Waals surface area contributed by atoms with Gasteiger partial charge in [-0.05, 0) is 57.3 Å². The standard InChI is InChI=1S/C23H31BN4O4/c1-15-17(12-19(25)20(26)28-15)11-18(24-31-22(2,3)23(4,5)32-24)13-27-21(29)30-14-16-9-7-6-8-10-16/h6-12H,13-14,25H2,1-5H3,(H2,26,28)(H,27,29). The molecule has 0 spiro atoms. The molecule has 0 radical (unpaired) electrons. The first-order valence-electron chi connectivity index (χ1n) is 10.5. The van der Waals surface area contributed by atoms with Crippen molar-refractivity contribution in [3.63, 3.8) is 0 Å². The van der Waals surface area contributed by atoms with Crippen LogP contribution in [0.5, 0.6) is 0 Å². The topological polar surface area (TPSA) is 122 Å². The molecule has 3 rings (SSSR count). The van der Waals surface area contributed by atoms with Crippen molar-refractivity contribution in [2.75, 3.05) is 18.0 Å². The van der Waals surface area contributed by atoms with E-state index in [1.807, 2.05) is 71.0 Å². The number of nitrogens with two attached hydrogens (primary N) is 2. The molecule has 32 heavy (non-hydrogen) atoms. The van der Waals surface area contributed by atoms with E-state index in [0.29, 0.717) is 16.9 Å². The van der Waals surface area contributed by atoms with Crippen LogP contribution in [0.4, 0.5) is 16.3 Å². The van der Waals surface area contributed by atoms with E-state index in [2.05, 4.69) is 10.3 Å². The minimum atomic E-state index is -0.660. The van der Waals surface area contributed by atoms with E-state index in [4.69, 9.17) is 25.5 Å². The van der Waals surface area contributed by atoms with Gasteiger partial charge in [-0.2, -0.15) is 0 Å². The smallest absolute Gasteiger partial charge is 0.445 e. The zero-order valence-corrected chi connectivity index (χ0v) is 19.3. The molecule has 0 unspecified atom stereocenters. The van der Waals surface area contributed by atoms with Crippen molar-refractivity contribution >= 4 is 30.8 Å². The SMILES string of the molecule is Cc1nc(N)c(N)cc1C=C(CNC(=O)OCc1ccccc1)B1OC(C)(C)C(C)(C)O1. The zero-order valence-electron chi connectivity index (χ0n) is 19.3. The molecule has 1 aliphatic rings. The van der Waals surface area contributed by atoms with E-state index in [1.165, 1.54) is 0 Å². The summed E-state index contributed by atoms with van der Waals surface area (Å²) in [6.45, 7) is 10.1. The number of rotatable bonds is 6. The number of hydrogen-bond acceptors (Lipinski definition) is 7. The van der Waals surface area contributed by atoms with Gasteiger partial charge in [-0.1, -0.05) is 36.4 Å². The number of anilines is 2. The molecule has 9 heteroatoms. The number of carbonyl (C=O) groups excluding carboxylic acids is 1. The summed E-state index contributed by atoms with van der Waals surface area (Å²) >= 11 is 0. The van der Waals surface area contributed by atoms with Crippen LogP contribution in [-0.2, 0) is 20.7 Å². The molecule has 0 saturated carbocycles. The normalized spacial score (nSPS) is 17.3. The summed E-state index contributed by atoms with van der Waals surface area (Å²) in [7, 11) is -0.660. The van der Waals surface area contributed by atoms with Crippen molar-refractivity contribution in [3.05, 3.63) is 58.7 Å². The molecule has 0 aliphatic carbocycles. The molecule has 1 fully saturated rings. The van der Waals surface area contributed by atoms with Crippen LogP contribution in [0.15, 0.2) is 41.9 Å². The number of nitrogens with zero attached hydrogens (tertiary/aromatic N) is 1. The fourth-order valence-electron chi connectivity index (χ4n) is 3.15. The Morgan fingerprint density at radius 3 is 2.41 bits per heavy atom. The number of hydrogen-bond donors (Lipinski definition) is 3. The molecule has 2 aromatic rings. The predicted octanol–water partition coefficient (Wildman–Crippen LogP) is 3.50. The zero-order chi connectivity index (χ0) is 23.5. The van der Waals surface area contributed by atoms with Gasteiger partial charge in [0.25, 0.3) is 0 Å². The molecule has 1 aromatic heterocycles. The minimum absolute atomic E-state index is 0.161. The third-order valence-corrected chi connectivity index (χ3v) is 5.86. The van der Waals surface area contributed by atoms with Crippen molar-refractivity contribution in [2.45, 2.75) is 52.4 Å². The van der Waals surface area contributed by atoms with E-state index in [1.54, 1.807) is 6.07 Å². The second-order valence-electron chi connectivity index (χ2n) is 8.86. The lowest BCUT2D eigenvalue weighted by Crippen LogP contribution is -2.41. The van der Waals surface area contributed by atoms with Crippen molar-refractivity contribution in [2.24, 2.45) is 0 Å². The Kier molecular flexibility index (Phi) is 6.81. The Hall–Kier alpha value is -3.04. The summed E-state index contributed by atoms with van der Waals surface area (Å²) in [5, 5.41) is 2.78. The summed E-state index contributed by atoms with van der Waals surface area (Å²) in [4.78, 5) is 16.6. The van der Waals surface area contributed by atoms with Crippen LogP contribution >= 0.6 is 0 Å². The molecule has 2 heterocycles. The summed E-state index contributed by atoms with van der Waals surface area (Å²) in [6, 6.07) is 11.2. The predicted molar refractivity (Wildman–Crippen MR) is 126 cm³/mol. The van der Waals surface area contributed by atoms with Gasteiger partial charge >= 0.3 is 13.2 Å². The second-order valence-corrected chi connectivity index (χ2v) is 8.86. The van der Waals surface area contributed by atoms with Gasteiger partial charge in [-0.25, -0.2) is 9.78 Å². The third kappa shape index (κ3) is 5.41. The number of benzene rings is 1. The lowest BCUT2D eigenvalue weighted by atomic mass is 9.77. The largest absolute Gasteiger partial charge is 0.492 e. The molecule has 1 saturated heterocycles. The first-order chi connectivity index (χ1) is 15.0. The molecule has 1 aliphatic heterocycles. The second kappa shape index (κ2) is 9.22. The van der Waals surface area contributed by atoms with E-state index in [9.17, 15) is 4.79 Å². The van der Waals surface area contributed by atoms with Gasteiger partial charge in [0.2, 0.25) is 0 Å². The number of nitrogen functional groups attached to an aromatic ring is 2. The molecule has 170 valence electrons. The van der Waals surface area contributed by atoms with Crippen LogP contribution in [0.25, 0.3) is 6.08 Å². The number of aromatic nitrogens is 1. The van der Waals surface area contributed by atoms with Crippen molar-refractivity contribution in [1.29, 1.82) is 0 Å². The average Bonchev–Trinajstić information content (AvgIpc) is 2.95. The van der Waals surface area contributed by atoms with Crippen LogP contribution in [0.3, 0.4) is 0 Å². The van der Waals surface area contributed by atoms with Gasteiger partial charge in [-0.15, -0.1) is 0 Å². The number of pyridine rings is 1. The number of carbonyl (C=O) groups is 1. The Bertz CT molecular complexity index is 993. The number of nitrogens with one attached hydrogen (secondary N) is 1. The highest BCUT2D eigenvalue weighted by Gasteiger charge is 2.52. The first kappa shape index (κ1) is 23.6. The Balaban J connectivity index is 1.78. The quantitative estimate of drug-likeness (QED) is 0.590. The third-order valence-electron chi connectivity index (χ3n) is 5.86. The summed E-state index contributed by atoms with van der Waals surface area (Å²) in [5.41, 5.74) is 14.2. The Morgan fingerprint density at radius 1 is 1.16 bits per heavy atom. The maximum Gasteiger partial charge on any atom is 0.492 e. The van der Waals surface area contributed by atoms with E-state index in [-0.39, 0.29) is 19.0 Å². The highest BCUT2D eigenvalue weighted by atomic mass is 16.7. The lowest BCUT2D eigenvalue weighted by Gasteiger charge is -2.32. The van der Waals surface area contributed by atoms with Gasteiger partial charge < -0.3 is 30.8 Å². The summed E-state index contributed by atoms with van der Waals surface area (Å²) in [6.07, 6.45) is 1.32. The summed E-state index contributed by atoms with van der Waals surface area (Å²) < 4.78 is 17.7. The lowest BCUT2D eigenvalue weighted by molar-refractivity contribution is 0.00578. The molecule has 1 aromatic carbocycles. The number of ether oxygens (including phenoxy) is 1. The average molecular weight is 438 g/mol. The molecule has 5 N–H and O–H groups in total. The minimum Gasteiger partial charge on any atom is -0.445 e.